The van der Waals surface area contributed by atoms with Crippen molar-refractivity contribution in [1.29, 1.82) is 0 Å². The second-order valence-corrected chi connectivity index (χ2v) is 6.42. The van der Waals surface area contributed by atoms with Crippen molar-refractivity contribution in [2.24, 2.45) is 11.7 Å². The SMILES string of the molecule is Cc1ccc(OCCC(=O)N2CCC(C(C)N)CC2)cc1C. The third-order valence-corrected chi connectivity index (χ3v) is 4.70. The number of carbonyl (C=O) groups excluding carboxylic acids is 1. The Hall–Kier alpha value is -1.55. The summed E-state index contributed by atoms with van der Waals surface area (Å²) in [4.78, 5) is 14.1. The highest BCUT2D eigenvalue weighted by Gasteiger charge is 2.24. The molecule has 4 nitrogen and oxygen atoms in total. The Labute approximate surface area is 133 Å². The molecular weight excluding hydrogens is 276 g/mol. The van der Waals surface area contributed by atoms with E-state index < -0.39 is 0 Å². The molecule has 1 atom stereocenters. The Bertz CT molecular complexity index is 506. The summed E-state index contributed by atoms with van der Waals surface area (Å²) in [6.07, 6.45) is 2.47. The molecule has 4 heteroatoms. The van der Waals surface area contributed by atoms with Gasteiger partial charge < -0.3 is 15.4 Å². The number of nitrogens with two attached hydrogens (primary N) is 1. The van der Waals surface area contributed by atoms with Crippen LogP contribution in [0.1, 0.15) is 37.3 Å². The van der Waals surface area contributed by atoms with E-state index in [1.165, 1.54) is 11.1 Å². The van der Waals surface area contributed by atoms with Crippen LogP contribution in [-0.4, -0.2) is 36.5 Å². The monoisotopic (exact) mass is 304 g/mol. The smallest absolute Gasteiger partial charge is 0.225 e. The van der Waals surface area contributed by atoms with Gasteiger partial charge >= 0.3 is 0 Å². The lowest BCUT2D eigenvalue weighted by atomic mass is 9.91. The normalized spacial score (nSPS) is 17.4. The quantitative estimate of drug-likeness (QED) is 0.910. The minimum Gasteiger partial charge on any atom is -0.493 e. The molecule has 0 saturated carbocycles. The van der Waals surface area contributed by atoms with Gasteiger partial charge in [-0.1, -0.05) is 6.07 Å². The summed E-state index contributed by atoms with van der Waals surface area (Å²) in [5.41, 5.74) is 8.39. The average Bonchev–Trinajstić information content (AvgIpc) is 2.51. The number of nitrogens with zero attached hydrogens (tertiary/aromatic N) is 1. The maximum absolute atomic E-state index is 12.2. The molecular formula is C18H28N2O2. The molecule has 1 unspecified atom stereocenters. The van der Waals surface area contributed by atoms with E-state index in [4.69, 9.17) is 10.5 Å². The maximum atomic E-state index is 12.2. The lowest BCUT2D eigenvalue weighted by Crippen LogP contribution is -2.42. The standard InChI is InChI=1S/C18H28N2O2/c1-13-4-5-17(12-14(13)2)22-11-8-18(21)20-9-6-16(7-10-20)15(3)19/h4-5,12,15-16H,6-11,19H2,1-3H3. The van der Waals surface area contributed by atoms with Gasteiger partial charge in [0.15, 0.2) is 0 Å². The van der Waals surface area contributed by atoms with Crippen molar-refractivity contribution in [3.8, 4) is 5.75 Å². The summed E-state index contributed by atoms with van der Waals surface area (Å²) in [6, 6.07) is 6.26. The number of ether oxygens (including phenoxy) is 1. The van der Waals surface area contributed by atoms with Crippen molar-refractivity contribution in [3.63, 3.8) is 0 Å². The number of likely N-dealkylation sites (tertiary alicyclic amines) is 1. The van der Waals surface area contributed by atoms with Gasteiger partial charge in [0.1, 0.15) is 5.75 Å². The van der Waals surface area contributed by atoms with Crippen molar-refractivity contribution in [3.05, 3.63) is 29.3 Å². The summed E-state index contributed by atoms with van der Waals surface area (Å²) >= 11 is 0. The summed E-state index contributed by atoms with van der Waals surface area (Å²) in [6.45, 7) is 8.29. The minimum absolute atomic E-state index is 0.187. The van der Waals surface area contributed by atoms with Crippen LogP contribution in [-0.2, 0) is 4.79 Å². The fraction of sp³-hybridized carbons (Fsp3) is 0.611. The third kappa shape index (κ3) is 4.47. The van der Waals surface area contributed by atoms with Gasteiger partial charge in [-0.3, -0.25) is 4.79 Å². The molecule has 122 valence electrons. The summed E-state index contributed by atoms with van der Waals surface area (Å²) in [5, 5.41) is 0. The molecule has 0 radical (unpaired) electrons. The highest BCUT2D eigenvalue weighted by Crippen LogP contribution is 2.20. The molecule has 1 aliphatic heterocycles. The van der Waals surface area contributed by atoms with Gasteiger partial charge in [-0.25, -0.2) is 0 Å². The van der Waals surface area contributed by atoms with Crippen molar-refractivity contribution in [2.75, 3.05) is 19.7 Å². The number of hydrogen-bond donors (Lipinski definition) is 1. The topological polar surface area (TPSA) is 55.6 Å². The van der Waals surface area contributed by atoms with Crippen LogP contribution in [0, 0.1) is 19.8 Å². The Morgan fingerprint density at radius 1 is 1.32 bits per heavy atom. The molecule has 1 fully saturated rings. The Morgan fingerprint density at radius 3 is 2.59 bits per heavy atom. The average molecular weight is 304 g/mol. The highest BCUT2D eigenvalue weighted by molar-refractivity contribution is 5.76. The van der Waals surface area contributed by atoms with Crippen LogP contribution in [0.15, 0.2) is 18.2 Å². The zero-order valence-corrected chi connectivity index (χ0v) is 14.0. The number of benzene rings is 1. The second kappa shape index (κ2) is 7.63. The van der Waals surface area contributed by atoms with Gasteiger partial charge in [0, 0.05) is 19.1 Å². The third-order valence-electron chi connectivity index (χ3n) is 4.70. The first-order valence-electron chi connectivity index (χ1n) is 8.21. The van der Waals surface area contributed by atoms with Gasteiger partial charge in [0.25, 0.3) is 0 Å². The summed E-state index contributed by atoms with van der Waals surface area (Å²) in [7, 11) is 0. The molecule has 22 heavy (non-hydrogen) atoms. The van der Waals surface area contributed by atoms with Crippen LogP contribution in [0.4, 0.5) is 0 Å². The van der Waals surface area contributed by atoms with Crippen LogP contribution in [0.3, 0.4) is 0 Å². The molecule has 0 spiro atoms. The first-order valence-corrected chi connectivity index (χ1v) is 8.21. The molecule has 1 aromatic carbocycles. The first kappa shape index (κ1) is 16.8. The molecule has 1 saturated heterocycles. The van der Waals surface area contributed by atoms with Crippen LogP contribution in [0.5, 0.6) is 5.75 Å². The van der Waals surface area contributed by atoms with E-state index in [0.29, 0.717) is 18.9 Å². The molecule has 0 bridgehead atoms. The maximum Gasteiger partial charge on any atom is 0.225 e. The number of aryl methyl sites for hydroxylation is 2. The van der Waals surface area contributed by atoms with Crippen LogP contribution >= 0.6 is 0 Å². The molecule has 2 N–H and O–H groups in total. The number of carbonyl (C=O) groups is 1. The number of piperidine rings is 1. The fourth-order valence-corrected chi connectivity index (χ4v) is 2.89. The highest BCUT2D eigenvalue weighted by atomic mass is 16.5. The van der Waals surface area contributed by atoms with E-state index in [0.717, 1.165) is 31.7 Å². The van der Waals surface area contributed by atoms with Crippen LogP contribution < -0.4 is 10.5 Å². The van der Waals surface area contributed by atoms with E-state index in [2.05, 4.69) is 20.8 Å². The molecule has 2 rings (SSSR count). The van der Waals surface area contributed by atoms with E-state index in [-0.39, 0.29) is 11.9 Å². The summed E-state index contributed by atoms with van der Waals surface area (Å²) in [5.74, 6) is 1.58. The van der Waals surface area contributed by atoms with E-state index in [1.807, 2.05) is 23.1 Å². The molecule has 1 aromatic rings. The van der Waals surface area contributed by atoms with Crippen molar-refractivity contribution in [1.82, 2.24) is 4.90 Å². The number of amides is 1. The Kier molecular flexibility index (Phi) is 5.83. The van der Waals surface area contributed by atoms with Gasteiger partial charge in [-0.2, -0.15) is 0 Å². The van der Waals surface area contributed by atoms with Crippen molar-refractivity contribution < 1.29 is 9.53 Å². The zero-order chi connectivity index (χ0) is 16.1. The first-order chi connectivity index (χ1) is 10.5. The lowest BCUT2D eigenvalue weighted by molar-refractivity contribution is -0.133. The fourth-order valence-electron chi connectivity index (χ4n) is 2.89. The van der Waals surface area contributed by atoms with Crippen LogP contribution in [0.25, 0.3) is 0 Å². The lowest BCUT2D eigenvalue weighted by Gasteiger charge is -2.33. The molecule has 1 amide bonds. The van der Waals surface area contributed by atoms with Gasteiger partial charge in [0.2, 0.25) is 5.91 Å². The van der Waals surface area contributed by atoms with Gasteiger partial charge in [-0.15, -0.1) is 0 Å². The largest absolute Gasteiger partial charge is 0.493 e. The minimum atomic E-state index is 0.187. The van der Waals surface area contributed by atoms with Crippen molar-refractivity contribution in [2.45, 2.75) is 46.1 Å². The number of hydrogen-bond acceptors (Lipinski definition) is 3. The number of rotatable bonds is 5. The van der Waals surface area contributed by atoms with E-state index in [9.17, 15) is 4.79 Å². The second-order valence-electron chi connectivity index (χ2n) is 6.42. The Morgan fingerprint density at radius 2 is 2.00 bits per heavy atom. The van der Waals surface area contributed by atoms with E-state index >= 15 is 0 Å². The Balaban J connectivity index is 1.73. The predicted molar refractivity (Wildman–Crippen MR) is 89.0 cm³/mol. The van der Waals surface area contributed by atoms with Crippen molar-refractivity contribution >= 4 is 5.91 Å². The van der Waals surface area contributed by atoms with Gasteiger partial charge in [-0.05, 0) is 62.8 Å². The van der Waals surface area contributed by atoms with Crippen LogP contribution in [0.2, 0.25) is 0 Å². The summed E-state index contributed by atoms with van der Waals surface area (Å²) < 4.78 is 5.70. The predicted octanol–water partition coefficient (Wildman–Crippen LogP) is 2.66. The molecule has 0 aliphatic carbocycles. The van der Waals surface area contributed by atoms with Gasteiger partial charge in [0.05, 0.1) is 13.0 Å². The molecule has 1 aliphatic rings. The molecule has 1 heterocycles. The molecule has 0 aromatic heterocycles. The van der Waals surface area contributed by atoms with E-state index in [1.54, 1.807) is 0 Å². The zero-order valence-electron chi connectivity index (χ0n) is 14.0.